The predicted octanol–water partition coefficient (Wildman–Crippen LogP) is 5.15. The molecule has 3 nitrogen and oxygen atoms in total. The minimum Gasteiger partial charge on any atom is -0.378 e. The lowest BCUT2D eigenvalue weighted by Crippen LogP contribution is -2.04. The Morgan fingerprint density at radius 3 is 2.65 bits per heavy atom. The Balaban J connectivity index is 1.92. The highest BCUT2D eigenvalue weighted by molar-refractivity contribution is 9.11. The number of nitrogens with zero attached hydrogens (tertiary/aromatic N) is 2. The van der Waals surface area contributed by atoms with E-state index in [9.17, 15) is 0 Å². The Bertz CT molecular complexity index is 756. The molecular weight excluding hydrogens is 402 g/mol. The zero-order valence-corrected chi connectivity index (χ0v) is 15.1. The maximum atomic E-state index is 4.61. The molecule has 1 aromatic carbocycles. The third-order valence-electron chi connectivity index (χ3n) is 3.14. The van der Waals surface area contributed by atoms with Gasteiger partial charge in [-0.3, -0.25) is 4.40 Å². The highest BCUT2D eigenvalue weighted by atomic mass is 79.9. The number of thiazole rings is 1. The average molecular weight is 415 g/mol. The molecule has 0 saturated carbocycles. The molecule has 1 N–H and O–H groups in total. The number of aromatic nitrogens is 2. The monoisotopic (exact) mass is 413 g/mol. The smallest absolute Gasteiger partial charge is 0.194 e. The van der Waals surface area contributed by atoms with Crippen molar-refractivity contribution in [2.24, 2.45) is 0 Å². The van der Waals surface area contributed by atoms with Crippen molar-refractivity contribution >= 4 is 53.8 Å². The lowest BCUT2D eigenvalue weighted by Gasteiger charge is -2.10. The number of rotatable bonds is 3. The third-order valence-corrected chi connectivity index (χ3v) is 5.36. The Morgan fingerprint density at radius 1 is 1.25 bits per heavy atom. The number of hydrogen-bond donors (Lipinski definition) is 1. The quantitative estimate of drug-likeness (QED) is 0.642. The van der Waals surface area contributed by atoms with Gasteiger partial charge in [0.2, 0.25) is 0 Å². The van der Waals surface area contributed by atoms with Crippen LogP contribution in [0.4, 0.5) is 5.69 Å². The Morgan fingerprint density at radius 2 is 1.95 bits per heavy atom. The zero-order chi connectivity index (χ0) is 14.3. The fourth-order valence-electron chi connectivity index (χ4n) is 2.16. The van der Waals surface area contributed by atoms with E-state index in [-0.39, 0.29) is 0 Å². The van der Waals surface area contributed by atoms with E-state index in [0.717, 1.165) is 31.8 Å². The molecule has 0 spiro atoms. The van der Waals surface area contributed by atoms with Crippen LogP contribution in [0.1, 0.15) is 16.3 Å². The molecule has 20 heavy (non-hydrogen) atoms. The van der Waals surface area contributed by atoms with E-state index in [1.165, 1.54) is 10.6 Å². The van der Waals surface area contributed by atoms with Gasteiger partial charge in [0.15, 0.2) is 4.96 Å². The average Bonchev–Trinajstić information content (AvgIpc) is 2.85. The van der Waals surface area contributed by atoms with Crippen LogP contribution in [0.15, 0.2) is 33.3 Å². The predicted molar refractivity (Wildman–Crippen MR) is 91.7 cm³/mol. The summed E-state index contributed by atoms with van der Waals surface area (Å²) in [6, 6.07) is 6.06. The summed E-state index contributed by atoms with van der Waals surface area (Å²) >= 11 is 8.86. The third kappa shape index (κ3) is 2.52. The van der Waals surface area contributed by atoms with Gasteiger partial charge in [0, 0.05) is 20.0 Å². The fraction of sp³-hybridized carbons (Fsp3) is 0.214. The largest absolute Gasteiger partial charge is 0.378 e. The molecule has 3 rings (SSSR count). The van der Waals surface area contributed by atoms with Gasteiger partial charge in [0.05, 0.1) is 23.6 Å². The Labute approximate surface area is 138 Å². The van der Waals surface area contributed by atoms with Gasteiger partial charge in [-0.1, -0.05) is 6.07 Å². The second kappa shape index (κ2) is 5.50. The molecule has 0 radical (unpaired) electrons. The molecule has 0 atom stereocenters. The molecule has 0 aliphatic rings. The van der Waals surface area contributed by atoms with Gasteiger partial charge in [0.1, 0.15) is 0 Å². The molecule has 0 unspecified atom stereocenters. The highest BCUT2D eigenvalue weighted by Crippen LogP contribution is 2.31. The van der Waals surface area contributed by atoms with Crippen molar-refractivity contribution in [1.29, 1.82) is 0 Å². The van der Waals surface area contributed by atoms with Crippen molar-refractivity contribution in [2.75, 3.05) is 5.32 Å². The van der Waals surface area contributed by atoms with Gasteiger partial charge in [0.25, 0.3) is 0 Å². The van der Waals surface area contributed by atoms with Crippen LogP contribution in [0, 0.1) is 13.8 Å². The van der Waals surface area contributed by atoms with E-state index in [1.807, 2.05) is 18.2 Å². The lowest BCUT2D eigenvalue weighted by molar-refractivity contribution is 0.989. The lowest BCUT2D eigenvalue weighted by atomic mass is 10.3. The molecular formula is C14H13Br2N3S. The van der Waals surface area contributed by atoms with Crippen LogP contribution in [-0.4, -0.2) is 9.38 Å². The van der Waals surface area contributed by atoms with Crippen LogP contribution in [0.3, 0.4) is 0 Å². The van der Waals surface area contributed by atoms with Gasteiger partial charge >= 0.3 is 0 Å². The van der Waals surface area contributed by atoms with Gasteiger partial charge in [-0.05, 0) is 57.8 Å². The molecule has 104 valence electrons. The van der Waals surface area contributed by atoms with Crippen LogP contribution in [0.25, 0.3) is 4.96 Å². The van der Waals surface area contributed by atoms with Crippen LogP contribution < -0.4 is 5.32 Å². The van der Waals surface area contributed by atoms with E-state index in [1.54, 1.807) is 11.3 Å². The summed E-state index contributed by atoms with van der Waals surface area (Å²) in [5.41, 5.74) is 3.34. The molecule has 0 saturated heterocycles. The number of nitrogens with one attached hydrogen (secondary N) is 1. The molecule has 6 heteroatoms. The van der Waals surface area contributed by atoms with Crippen molar-refractivity contribution in [3.63, 3.8) is 0 Å². The van der Waals surface area contributed by atoms with E-state index < -0.39 is 0 Å². The topological polar surface area (TPSA) is 29.3 Å². The molecule has 0 amide bonds. The number of hydrogen-bond acceptors (Lipinski definition) is 3. The summed E-state index contributed by atoms with van der Waals surface area (Å²) in [6.45, 7) is 4.90. The number of benzene rings is 1. The molecule has 0 bridgehead atoms. The van der Waals surface area contributed by atoms with Gasteiger partial charge < -0.3 is 5.32 Å². The van der Waals surface area contributed by atoms with Crippen LogP contribution in [-0.2, 0) is 6.54 Å². The van der Waals surface area contributed by atoms with Gasteiger partial charge in [-0.25, -0.2) is 4.98 Å². The summed E-state index contributed by atoms with van der Waals surface area (Å²) < 4.78 is 4.27. The van der Waals surface area contributed by atoms with E-state index in [4.69, 9.17) is 0 Å². The number of halogens is 2. The first-order valence-corrected chi connectivity index (χ1v) is 8.58. The van der Waals surface area contributed by atoms with Crippen LogP contribution in [0.2, 0.25) is 0 Å². The first-order valence-electron chi connectivity index (χ1n) is 6.18. The van der Waals surface area contributed by atoms with Crippen molar-refractivity contribution in [3.8, 4) is 0 Å². The minimum absolute atomic E-state index is 0.740. The second-order valence-electron chi connectivity index (χ2n) is 4.59. The van der Waals surface area contributed by atoms with E-state index in [2.05, 4.69) is 66.6 Å². The standard InChI is InChI=1S/C14H13Br2N3S/c1-8-7-19-12(9(2)18-14(19)20-8)6-17-13-10(15)4-3-5-11(13)16/h3-5,7,17H,6H2,1-2H3. The summed E-state index contributed by atoms with van der Waals surface area (Å²) in [5, 5.41) is 3.48. The first-order chi connectivity index (χ1) is 9.56. The van der Waals surface area contributed by atoms with Gasteiger partial charge in [-0.15, -0.1) is 11.3 Å². The number of imidazole rings is 1. The summed E-state index contributed by atoms with van der Waals surface area (Å²) in [4.78, 5) is 6.94. The maximum Gasteiger partial charge on any atom is 0.194 e. The summed E-state index contributed by atoms with van der Waals surface area (Å²) in [5.74, 6) is 0. The maximum absolute atomic E-state index is 4.61. The van der Waals surface area contributed by atoms with E-state index in [0.29, 0.717) is 0 Å². The second-order valence-corrected chi connectivity index (χ2v) is 7.51. The van der Waals surface area contributed by atoms with Crippen molar-refractivity contribution in [2.45, 2.75) is 20.4 Å². The van der Waals surface area contributed by atoms with Crippen molar-refractivity contribution in [3.05, 3.63) is 49.6 Å². The number of anilines is 1. The summed E-state index contributed by atoms with van der Waals surface area (Å²) in [6.07, 6.45) is 2.14. The molecule has 3 aromatic rings. The molecule has 2 aromatic heterocycles. The summed E-state index contributed by atoms with van der Waals surface area (Å²) in [7, 11) is 0. The number of aryl methyl sites for hydroxylation is 2. The Hall–Kier alpha value is -0.850. The number of para-hydroxylation sites is 1. The fourth-order valence-corrected chi connectivity index (χ4v) is 4.33. The Kier molecular flexibility index (Phi) is 3.88. The molecule has 0 aliphatic heterocycles. The van der Waals surface area contributed by atoms with Crippen molar-refractivity contribution < 1.29 is 0 Å². The minimum atomic E-state index is 0.740. The first kappa shape index (κ1) is 14.1. The molecule has 0 aliphatic carbocycles. The molecule has 0 fully saturated rings. The zero-order valence-electron chi connectivity index (χ0n) is 11.1. The van der Waals surface area contributed by atoms with Crippen LogP contribution >= 0.6 is 43.2 Å². The van der Waals surface area contributed by atoms with Crippen LogP contribution in [0.5, 0.6) is 0 Å². The van der Waals surface area contributed by atoms with Crippen molar-refractivity contribution in [1.82, 2.24) is 9.38 Å². The van der Waals surface area contributed by atoms with Gasteiger partial charge in [-0.2, -0.15) is 0 Å². The normalized spacial score (nSPS) is 11.2. The van der Waals surface area contributed by atoms with E-state index >= 15 is 0 Å². The number of fused-ring (bicyclic) bond motifs is 1. The molecule has 2 heterocycles. The highest BCUT2D eigenvalue weighted by Gasteiger charge is 2.12. The SMILES string of the molecule is Cc1cn2c(CNc3c(Br)cccc3Br)c(C)nc2s1.